The van der Waals surface area contributed by atoms with Gasteiger partial charge in [0.05, 0.1) is 6.04 Å². The number of anilines is 1. The minimum absolute atomic E-state index is 0.0928. The van der Waals surface area contributed by atoms with Gasteiger partial charge in [-0.05, 0) is 37.6 Å². The number of thioether (sulfide) groups is 1. The summed E-state index contributed by atoms with van der Waals surface area (Å²) < 4.78 is 0. The zero-order chi connectivity index (χ0) is 12.3. The Morgan fingerprint density at radius 2 is 2.18 bits per heavy atom. The number of hydrogen-bond acceptors (Lipinski definition) is 4. The van der Waals surface area contributed by atoms with E-state index in [1.807, 2.05) is 24.3 Å². The molecule has 0 aliphatic carbocycles. The van der Waals surface area contributed by atoms with E-state index in [9.17, 15) is 4.79 Å². The third kappa shape index (κ3) is 3.09. The highest BCUT2D eigenvalue weighted by molar-refractivity contribution is 8.14. The minimum atomic E-state index is 0.0928. The Morgan fingerprint density at radius 3 is 2.71 bits per heavy atom. The topological polar surface area (TPSA) is 41.5 Å². The van der Waals surface area contributed by atoms with Gasteiger partial charge < -0.3 is 5.32 Å². The molecule has 1 atom stereocenters. The Bertz CT molecular complexity index is 439. The number of amidine groups is 1. The average molecular weight is 248 g/mol. The maximum Gasteiger partial charge on any atom is 0.161 e. The van der Waals surface area contributed by atoms with Gasteiger partial charge >= 0.3 is 0 Å². The van der Waals surface area contributed by atoms with E-state index in [0.29, 0.717) is 6.04 Å². The van der Waals surface area contributed by atoms with Crippen LogP contribution >= 0.6 is 11.8 Å². The molecule has 17 heavy (non-hydrogen) atoms. The summed E-state index contributed by atoms with van der Waals surface area (Å²) in [5, 5.41) is 4.25. The summed E-state index contributed by atoms with van der Waals surface area (Å²) in [6.45, 7) is 3.73. The summed E-state index contributed by atoms with van der Waals surface area (Å²) in [5.74, 6) is 1.15. The first-order valence-electron chi connectivity index (χ1n) is 5.77. The van der Waals surface area contributed by atoms with Gasteiger partial charge in [-0.25, -0.2) is 0 Å². The van der Waals surface area contributed by atoms with Crippen LogP contribution in [0, 0.1) is 0 Å². The highest BCUT2D eigenvalue weighted by atomic mass is 32.2. The SMILES string of the molecule is CCC1CSC(Nc2ccc(C(C)=O)cc2)=N1. The highest BCUT2D eigenvalue weighted by Crippen LogP contribution is 2.22. The second-order valence-corrected chi connectivity index (χ2v) is 5.07. The standard InChI is InChI=1S/C13H16N2OS/c1-3-11-8-17-13(14-11)15-12-6-4-10(5-7-12)9(2)16/h4-7,11H,3,8H2,1-2H3,(H,14,15). The second-order valence-electron chi connectivity index (χ2n) is 4.07. The van der Waals surface area contributed by atoms with Gasteiger partial charge in [0.2, 0.25) is 0 Å². The predicted octanol–water partition coefficient (Wildman–Crippen LogP) is 3.18. The zero-order valence-corrected chi connectivity index (χ0v) is 10.9. The van der Waals surface area contributed by atoms with Gasteiger partial charge in [0.1, 0.15) is 0 Å². The smallest absolute Gasteiger partial charge is 0.161 e. The van der Waals surface area contributed by atoms with E-state index in [0.717, 1.165) is 28.6 Å². The van der Waals surface area contributed by atoms with Crippen molar-refractivity contribution in [2.45, 2.75) is 26.3 Å². The quantitative estimate of drug-likeness (QED) is 0.835. The van der Waals surface area contributed by atoms with Crippen LogP contribution in [0.25, 0.3) is 0 Å². The molecule has 1 aromatic carbocycles. The Kier molecular flexibility index (Phi) is 3.84. The van der Waals surface area contributed by atoms with Gasteiger partial charge in [-0.1, -0.05) is 18.7 Å². The largest absolute Gasteiger partial charge is 0.335 e. The maximum atomic E-state index is 11.1. The van der Waals surface area contributed by atoms with Crippen molar-refractivity contribution in [3.63, 3.8) is 0 Å². The van der Waals surface area contributed by atoms with Crippen molar-refractivity contribution in [1.29, 1.82) is 0 Å². The van der Waals surface area contributed by atoms with E-state index >= 15 is 0 Å². The van der Waals surface area contributed by atoms with Crippen LogP contribution in [0.2, 0.25) is 0 Å². The van der Waals surface area contributed by atoms with Crippen molar-refractivity contribution in [3.05, 3.63) is 29.8 Å². The van der Waals surface area contributed by atoms with Crippen molar-refractivity contribution in [1.82, 2.24) is 0 Å². The first-order chi connectivity index (χ1) is 8.19. The van der Waals surface area contributed by atoms with Gasteiger partial charge in [-0.15, -0.1) is 0 Å². The van der Waals surface area contributed by atoms with Crippen LogP contribution in [0.15, 0.2) is 29.3 Å². The lowest BCUT2D eigenvalue weighted by molar-refractivity contribution is 0.101. The first-order valence-corrected chi connectivity index (χ1v) is 6.76. The molecule has 4 heteroatoms. The van der Waals surface area contributed by atoms with Gasteiger partial charge in [0, 0.05) is 17.0 Å². The molecule has 1 heterocycles. The molecule has 1 N–H and O–H groups in total. The number of carbonyl (C=O) groups is 1. The fourth-order valence-electron chi connectivity index (χ4n) is 1.60. The van der Waals surface area contributed by atoms with Gasteiger partial charge in [0.25, 0.3) is 0 Å². The van der Waals surface area contributed by atoms with E-state index in [2.05, 4.69) is 17.2 Å². The van der Waals surface area contributed by atoms with Gasteiger partial charge in [-0.3, -0.25) is 9.79 Å². The molecule has 1 aliphatic rings. The summed E-state index contributed by atoms with van der Waals surface area (Å²) in [6, 6.07) is 7.95. The van der Waals surface area contributed by atoms with Crippen LogP contribution in [0.1, 0.15) is 30.6 Å². The lowest BCUT2D eigenvalue weighted by atomic mass is 10.1. The van der Waals surface area contributed by atoms with Crippen molar-refractivity contribution in [2.24, 2.45) is 4.99 Å². The van der Waals surface area contributed by atoms with Crippen LogP contribution in [-0.2, 0) is 0 Å². The molecule has 2 rings (SSSR count). The molecule has 0 bridgehead atoms. The fourth-order valence-corrected chi connectivity index (χ4v) is 2.68. The average Bonchev–Trinajstić information content (AvgIpc) is 2.77. The predicted molar refractivity (Wildman–Crippen MR) is 74.0 cm³/mol. The van der Waals surface area contributed by atoms with Crippen LogP contribution in [-0.4, -0.2) is 22.7 Å². The van der Waals surface area contributed by atoms with Gasteiger partial charge in [-0.2, -0.15) is 0 Å². The molecular formula is C13H16N2OS. The van der Waals surface area contributed by atoms with Crippen LogP contribution < -0.4 is 5.32 Å². The van der Waals surface area contributed by atoms with Crippen molar-refractivity contribution in [3.8, 4) is 0 Å². The van der Waals surface area contributed by atoms with E-state index < -0.39 is 0 Å². The molecule has 0 fully saturated rings. The lowest BCUT2D eigenvalue weighted by Gasteiger charge is -2.05. The summed E-state index contributed by atoms with van der Waals surface area (Å²) in [6.07, 6.45) is 1.08. The van der Waals surface area contributed by atoms with Crippen molar-refractivity contribution >= 4 is 28.4 Å². The van der Waals surface area contributed by atoms with E-state index in [4.69, 9.17) is 0 Å². The van der Waals surface area contributed by atoms with Crippen LogP contribution in [0.4, 0.5) is 5.69 Å². The third-order valence-electron chi connectivity index (χ3n) is 2.73. The Morgan fingerprint density at radius 1 is 1.47 bits per heavy atom. The third-order valence-corrected chi connectivity index (χ3v) is 3.76. The zero-order valence-electron chi connectivity index (χ0n) is 10.1. The first kappa shape index (κ1) is 12.2. The number of nitrogens with zero attached hydrogens (tertiary/aromatic N) is 1. The normalized spacial score (nSPS) is 18.9. The molecule has 1 unspecified atom stereocenters. The number of nitrogens with one attached hydrogen (secondary N) is 1. The van der Waals surface area contributed by atoms with E-state index in [1.165, 1.54) is 0 Å². The molecule has 0 aromatic heterocycles. The van der Waals surface area contributed by atoms with Crippen molar-refractivity contribution < 1.29 is 4.79 Å². The highest BCUT2D eigenvalue weighted by Gasteiger charge is 2.16. The summed E-state index contributed by atoms with van der Waals surface area (Å²) in [5.41, 5.74) is 1.72. The Hall–Kier alpha value is -1.29. The molecule has 1 aliphatic heterocycles. The van der Waals surface area contributed by atoms with Crippen LogP contribution in [0.3, 0.4) is 0 Å². The number of carbonyl (C=O) groups excluding carboxylic acids is 1. The molecular weight excluding hydrogens is 232 g/mol. The molecule has 3 nitrogen and oxygen atoms in total. The van der Waals surface area contributed by atoms with Crippen molar-refractivity contribution in [2.75, 3.05) is 11.1 Å². The molecule has 90 valence electrons. The molecule has 1 aromatic rings. The number of hydrogen-bond donors (Lipinski definition) is 1. The maximum absolute atomic E-state index is 11.1. The van der Waals surface area contributed by atoms with Crippen LogP contribution in [0.5, 0.6) is 0 Å². The Labute approximate surface area is 106 Å². The monoisotopic (exact) mass is 248 g/mol. The van der Waals surface area contributed by atoms with E-state index in [-0.39, 0.29) is 5.78 Å². The minimum Gasteiger partial charge on any atom is -0.335 e. The molecule has 0 amide bonds. The summed E-state index contributed by atoms with van der Waals surface area (Å²) in [7, 11) is 0. The summed E-state index contributed by atoms with van der Waals surface area (Å²) in [4.78, 5) is 15.7. The fraction of sp³-hybridized carbons (Fsp3) is 0.385. The lowest BCUT2D eigenvalue weighted by Crippen LogP contribution is -2.05. The second kappa shape index (κ2) is 5.36. The van der Waals surface area contributed by atoms with E-state index in [1.54, 1.807) is 18.7 Å². The van der Waals surface area contributed by atoms with Gasteiger partial charge in [0.15, 0.2) is 11.0 Å². The molecule has 0 saturated heterocycles. The summed E-state index contributed by atoms with van der Waals surface area (Å²) >= 11 is 1.75. The molecule has 0 radical (unpaired) electrons. The number of ketones is 1. The number of Topliss-reactive ketones (excluding diaryl/α,β-unsaturated/α-hetero) is 1. The number of aliphatic imine (C=N–C) groups is 1. The molecule has 0 spiro atoms. The number of rotatable bonds is 3. The molecule has 0 saturated carbocycles. The number of benzene rings is 1. The Balaban J connectivity index is 2.02.